The van der Waals surface area contributed by atoms with Gasteiger partial charge in [0.2, 0.25) is 0 Å². The Balaban J connectivity index is 2.21. The number of aromatic amines is 1. The third kappa shape index (κ3) is 2.46. The van der Waals surface area contributed by atoms with Crippen LogP contribution in [0.5, 0.6) is 0 Å². The highest BCUT2D eigenvalue weighted by molar-refractivity contribution is 5.48. The summed E-state index contributed by atoms with van der Waals surface area (Å²) in [6, 6.07) is 2.19. The van der Waals surface area contributed by atoms with Crippen molar-refractivity contribution in [1.29, 1.82) is 0 Å². The summed E-state index contributed by atoms with van der Waals surface area (Å²) in [6.45, 7) is 4.30. The van der Waals surface area contributed by atoms with Crippen LogP contribution in [-0.2, 0) is 0 Å². The lowest BCUT2D eigenvalue weighted by atomic mass is 10.1. The largest absolute Gasteiger partial charge is 0.367 e. The zero-order chi connectivity index (χ0) is 12.3. The van der Waals surface area contributed by atoms with Crippen LogP contribution in [0.15, 0.2) is 17.2 Å². The second kappa shape index (κ2) is 4.99. The Kier molecular flexibility index (Phi) is 3.41. The number of fused-ring (bicyclic) bond motifs is 1. The van der Waals surface area contributed by atoms with Crippen molar-refractivity contribution < 1.29 is 0 Å². The monoisotopic (exact) mass is 235 g/mol. The Bertz CT molecular complexity index is 544. The molecule has 1 unspecified atom stereocenters. The summed E-state index contributed by atoms with van der Waals surface area (Å²) in [5, 5.41) is 9.64. The van der Waals surface area contributed by atoms with Gasteiger partial charge in [0.1, 0.15) is 12.1 Å². The summed E-state index contributed by atoms with van der Waals surface area (Å²) in [5.74, 6) is 0.761. The van der Waals surface area contributed by atoms with Crippen LogP contribution in [0.3, 0.4) is 0 Å². The number of anilines is 1. The molecule has 0 aliphatic rings. The van der Waals surface area contributed by atoms with Crippen molar-refractivity contribution in [3.05, 3.63) is 22.9 Å². The third-order valence-electron chi connectivity index (χ3n) is 2.79. The van der Waals surface area contributed by atoms with E-state index in [4.69, 9.17) is 0 Å². The van der Waals surface area contributed by atoms with Gasteiger partial charge in [-0.1, -0.05) is 20.3 Å². The SMILES string of the molecule is CCCC(CC)Nc1cc2n[nH]c(=O)n2cn1. The summed E-state index contributed by atoms with van der Waals surface area (Å²) in [6.07, 6.45) is 4.78. The van der Waals surface area contributed by atoms with Crippen molar-refractivity contribution in [2.75, 3.05) is 5.32 Å². The molecule has 0 fully saturated rings. The molecular weight excluding hydrogens is 218 g/mol. The average Bonchev–Trinajstić information content (AvgIpc) is 2.70. The number of nitrogens with zero attached hydrogens (tertiary/aromatic N) is 3. The molecule has 0 amide bonds. The quantitative estimate of drug-likeness (QED) is 0.821. The maximum absolute atomic E-state index is 11.3. The Morgan fingerprint density at radius 1 is 1.53 bits per heavy atom. The molecule has 0 saturated carbocycles. The van der Waals surface area contributed by atoms with Crippen LogP contribution in [0.2, 0.25) is 0 Å². The number of rotatable bonds is 5. The van der Waals surface area contributed by atoms with E-state index in [0.29, 0.717) is 11.7 Å². The Hall–Kier alpha value is -1.85. The molecule has 2 aromatic rings. The zero-order valence-electron chi connectivity index (χ0n) is 10.1. The van der Waals surface area contributed by atoms with E-state index in [0.717, 1.165) is 25.1 Å². The van der Waals surface area contributed by atoms with Gasteiger partial charge in [-0.3, -0.25) is 0 Å². The van der Waals surface area contributed by atoms with Crippen LogP contribution >= 0.6 is 0 Å². The van der Waals surface area contributed by atoms with Gasteiger partial charge in [0.15, 0.2) is 5.65 Å². The van der Waals surface area contributed by atoms with E-state index in [9.17, 15) is 4.79 Å². The molecule has 0 spiro atoms. The first-order valence-electron chi connectivity index (χ1n) is 5.94. The molecule has 1 atom stereocenters. The predicted octanol–water partition coefficient (Wildman–Crippen LogP) is 1.41. The van der Waals surface area contributed by atoms with E-state index in [1.165, 1.54) is 10.7 Å². The highest BCUT2D eigenvalue weighted by Gasteiger charge is 2.07. The van der Waals surface area contributed by atoms with Crippen LogP contribution in [0.1, 0.15) is 33.1 Å². The van der Waals surface area contributed by atoms with Gasteiger partial charge in [-0.25, -0.2) is 19.3 Å². The van der Waals surface area contributed by atoms with Crippen molar-refractivity contribution in [3.63, 3.8) is 0 Å². The standard InChI is InChI=1S/C11H17N5O/c1-3-5-8(4-2)13-9-6-10-14-15-11(17)16(10)7-12-9/h6-8,13H,3-5H2,1-2H3,(H,15,17). The second-order valence-electron chi connectivity index (χ2n) is 4.07. The minimum absolute atomic E-state index is 0.264. The van der Waals surface area contributed by atoms with Gasteiger partial charge in [-0.2, -0.15) is 5.10 Å². The van der Waals surface area contributed by atoms with Crippen molar-refractivity contribution in [1.82, 2.24) is 19.6 Å². The fourth-order valence-corrected chi connectivity index (χ4v) is 1.82. The number of nitrogens with one attached hydrogen (secondary N) is 2. The second-order valence-corrected chi connectivity index (χ2v) is 4.07. The molecule has 0 radical (unpaired) electrons. The molecule has 2 N–H and O–H groups in total. The first-order valence-corrected chi connectivity index (χ1v) is 5.94. The molecule has 0 aromatic carbocycles. The molecule has 0 aliphatic carbocycles. The number of H-pyrrole nitrogens is 1. The molecule has 6 heteroatoms. The minimum atomic E-state index is -0.264. The van der Waals surface area contributed by atoms with Crippen molar-refractivity contribution in [2.45, 2.75) is 39.2 Å². The zero-order valence-corrected chi connectivity index (χ0v) is 10.1. The number of hydrogen-bond donors (Lipinski definition) is 2. The molecule has 0 saturated heterocycles. The van der Waals surface area contributed by atoms with Crippen LogP contribution in [0.25, 0.3) is 5.65 Å². The lowest BCUT2D eigenvalue weighted by molar-refractivity contribution is 0.620. The lowest BCUT2D eigenvalue weighted by Gasteiger charge is -2.16. The smallest absolute Gasteiger partial charge is 0.348 e. The molecule has 0 bridgehead atoms. The highest BCUT2D eigenvalue weighted by atomic mass is 16.1. The molecule has 92 valence electrons. The normalized spacial score (nSPS) is 12.8. The van der Waals surface area contributed by atoms with Gasteiger partial charge in [0, 0.05) is 12.1 Å². The van der Waals surface area contributed by atoms with Crippen molar-refractivity contribution >= 4 is 11.5 Å². The maximum Gasteiger partial charge on any atom is 0.348 e. The summed E-state index contributed by atoms with van der Waals surface area (Å²) in [4.78, 5) is 15.5. The molecule has 17 heavy (non-hydrogen) atoms. The van der Waals surface area contributed by atoms with Crippen LogP contribution < -0.4 is 11.0 Å². The van der Waals surface area contributed by atoms with Gasteiger partial charge >= 0.3 is 5.69 Å². The van der Waals surface area contributed by atoms with Gasteiger partial charge in [-0.15, -0.1) is 0 Å². The maximum atomic E-state index is 11.3. The van der Waals surface area contributed by atoms with Gasteiger partial charge in [0.05, 0.1) is 0 Å². The average molecular weight is 235 g/mol. The molecule has 2 heterocycles. The molecule has 6 nitrogen and oxygen atoms in total. The van der Waals surface area contributed by atoms with E-state index >= 15 is 0 Å². The molecular formula is C11H17N5O. The Morgan fingerprint density at radius 3 is 3.06 bits per heavy atom. The number of hydrogen-bond acceptors (Lipinski definition) is 4. The summed E-state index contributed by atoms with van der Waals surface area (Å²) < 4.78 is 1.38. The number of aromatic nitrogens is 4. The fraction of sp³-hybridized carbons (Fsp3) is 0.545. The topological polar surface area (TPSA) is 75.1 Å². The van der Waals surface area contributed by atoms with E-state index in [1.54, 1.807) is 6.07 Å². The Labute approximate surface area is 99.1 Å². The lowest BCUT2D eigenvalue weighted by Crippen LogP contribution is -2.19. The predicted molar refractivity (Wildman–Crippen MR) is 66.2 cm³/mol. The van der Waals surface area contributed by atoms with Crippen molar-refractivity contribution in [3.8, 4) is 0 Å². The van der Waals surface area contributed by atoms with E-state index in [1.807, 2.05) is 0 Å². The summed E-state index contributed by atoms with van der Waals surface area (Å²) >= 11 is 0. The third-order valence-corrected chi connectivity index (χ3v) is 2.79. The van der Waals surface area contributed by atoms with E-state index in [2.05, 4.69) is 34.3 Å². The minimum Gasteiger partial charge on any atom is -0.367 e. The molecule has 2 aromatic heterocycles. The van der Waals surface area contributed by atoms with Crippen LogP contribution in [0, 0.1) is 0 Å². The van der Waals surface area contributed by atoms with Gasteiger partial charge < -0.3 is 5.32 Å². The van der Waals surface area contributed by atoms with Crippen molar-refractivity contribution in [2.24, 2.45) is 0 Å². The van der Waals surface area contributed by atoms with Gasteiger partial charge in [0.25, 0.3) is 0 Å². The summed E-state index contributed by atoms with van der Waals surface area (Å²) in [5.41, 5.74) is 0.318. The van der Waals surface area contributed by atoms with Gasteiger partial charge in [-0.05, 0) is 12.8 Å². The van der Waals surface area contributed by atoms with Crippen LogP contribution in [0.4, 0.5) is 5.82 Å². The highest BCUT2D eigenvalue weighted by Crippen LogP contribution is 2.11. The Morgan fingerprint density at radius 2 is 2.35 bits per heavy atom. The first-order chi connectivity index (χ1) is 8.24. The van der Waals surface area contributed by atoms with Crippen LogP contribution in [-0.4, -0.2) is 25.6 Å². The van der Waals surface area contributed by atoms with E-state index < -0.39 is 0 Å². The van der Waals surface area contributed by atoms with E-state index in [-0.39, 0.29) is 5.69 Å². The summed E-state index contributed by atoms with van der Waals surface area (Å²) in [7, 11) is 0. The molecule has 0 aliphatic heterocycles. The first kappa shape index (κ1) is 11.6. The molecule has 2 rings (SSSR count). The fourth-order valence-electron chi connectivity index (χ4n) is 1.82.